The van der Waals surface area contributed by atoms with Crippen LogP contribution in [0.3, 0.4) is 0 Å². The number of hydrogen-bond donors (Lipinski definition) is 1. The Kier molecular flexibility index (Phi) is 4.66. The number of nitro groups is 1. The highest BCUT2D eigenvalue weighted by Gasteiger charge is 2.11. The van der Waals surface area contributed by atoms with Gasteiger partial charge in [0.2, 0.25) is 0 Å². The molecule has 3 aromatic rings. The number of carbonyl (C=O) groups excluding carboxylic acids is 1. The first-order valence-electron chi connectivity index (χ1n) is 7.36. The molecular formula is C18H13N3O4. The lowest BCUT2D eigenvalue weighted by molar-refractivity contribution is -0.384. The zero-order chi connectivity index (χ0) is 17.6. The minimum absolute atomic E-state index is 0.0227. The van der Waals surface area contributed by atoms with E-state index in [2.05, 4.69) is 10.3 Å². The molecule has 0 aliphatic rings. The van der Waals surface area contributed by atoms with Crippen LogP contribution in [0.25, 0.3) is 0 Å². The summed E-state index contributed by atoms with van der Waals surface area (Å²) < 4.78 is 5.73. The van der Waals surface area contributed by atoms with Gasteiger partial charge < -0.3 is 10.1 Å². The summed E-state index contributed by atoms with van der Waals surface area (Å²) >= 11 is 0. The van der Waals surface area contributed by atoms with Gasteiger partial charge in [-0.05, 0) is 36.4 Å². The summed E-state index contributed by atoms with van der Waals surface area (Å²) in [5.74, 6) is 0.537. The van der Waals surface area contributed by atoms with Gasteiger partial charge in [-0.25, -0.2) is 0 Å². The van der Waals surface area contributed by atoms with Crippen LogP contribution in [0.4, 0.5) is 11.4 Å². The zero-order valence-electron chi connectivity index (χ0n) is 13.0. The first-order chi connectivity index (χ1) is 12.1. The minimum atomic E-state index is -0.480. The van der Waals surface area contributed by atoms with Crippen LogP contribution in [0, 0.1) is 10.1 Å². The van der Waals surface area contributed by atoms with E-state index in [9.17, 15) is 14.9 Å². The van der Waals surface area contributed by atoms with Crippen LogP contribution in [0.15, 0.2) is 73.1 Å². The molecule has 0 radical (unpaired) electrons. The van der Waals surface area contributed by atoms with E-state index in [0.717, 1.165) is 0 Å². The number of nitrogens with zero attached hydrogens (tertiary/aromatic N) is 2. The van der Waals surface area contributed by atoms with Crippen LogP contribution in [-0.2, 0) is 0 Å². The molecule has 1 aromatic heterocycles. The topological polar surface area (TPSA) is 94.4 Å². The fraction of sp³-hybridized carbons (Fsp3) is 0. The maximum absolute atomic E-state index is 12.3. The van der Waals surface area contributed by atoms with Gasteiger partial charge in [-0.1, -0.05) is 12.1 Å². The maximum Gasteiger partial charge on any atom is 0.269 e. The molecule has 0 saturated carbocycles. The Hall–Kier alpha value is -3.74. The van der Waals surface area contributed by atoms with Gasteiger partial charge in [0.05, 0.1) is 16.2 Å². The van der Waals surface area contributed by atoms with Gasteiger partial charge in [0.15, 0.2) is 5.75 Å². The summed E-state index contributed by atoms with van der Waals surface area (Å²) in [5.41, 5.74) is 0.882. The summed E-state index contributed by atoms with van der Waals surface area (Å²) in [4.78, 5) is 26.4. The molecule has 0 spiro atoms. The quantitative estimate of drug-likeness (QED) is 0.561. The Morgan fingerprint density at radius 1 is 1.04 bits per heavy atom. The van der Waals surface area contributed by atoms with Gasteiger partial charge in [0.25, 0.3) is 11.6 Å². The van der Waals surface area contributed by atoms with Gasteiger partial charge in [-0.15, -0.1) is 0 Å². The second kappa shape index (κ2) is 7.22. The molecule has 0 aliphatic heterocycles. The van der Waals surface area contributed by atoms with Crippen molar-refractivity contribution in [2.45, 2.75) is 0 Å². The van der Waals surface area contributed by atoms with Crippen LogP contribution < -0.4 is 10.1 Å². The van der Waals surface area contributed by atoms with Gasteiger partial charge in [-0.2, -0.15) is 0 Å². The zero-order valence-corrected chi connectivity index (χ0v) is 13.0. The average molecular weight is 335 g/mol. The summed E-state index contributed by atoms with van der Waals surface area (Å²) in [6, 6.07) is 16.0. The molecule has 25 heavy (non-hydrogen) atoms. The number of para-hydroxylation sites is 2. The molecule has 0 saturated heterocycles. The van der Waals surface area contributed by atoms with Crippen LogP contribution in [0.1, 0.15) is 10.4 Å². The Bertz CT molecular complexity index is 896. The lowest BCUT2D eigenvalue weighted by Crippen LogP contribution is -2.12. The molecule has 0 unspecified atom stereocenters. The van der Waals surface area contributed by atoms with E-state index in [-0.39, 0.29) is 11.6 Å². The van der Waals surface area contributed by atoms with Crippen molar-refractivity contribution in [2.24, 2.45) is 0 Å². The molecule has 1 amide bonds. The smallest absolute Gasteiger partial charge is 0.269 e. The Morgan fingerprint density at radius 2 is 1.80 bits per heavy atom. The van der Waals surface area contributed by atoms with Gasteiger partial charge >= 0.3 is 0 Å². The highest BCUT2D eigenvalue weighted by Crippen LogP contribution is 2.30. The molecule has 124 valence electrons. The van der Waals surface area contributed by atoms with Crippen LogP contribution in [0.2, 0.25) is 0 Å². The summed E-state index contributed by atoms with van der Waals surface area (Å²) in [6.45, 7) is 0. The van der Waals surface area contributed by atoms with Crippen molar-refractivity contribution in [1.29, 1.82) is 0 Å². The van der Waals surface area contributed by atoms with Crippen molar-refractivity contribution < 1.29 is 14.5 Å². The molecular weight excluding hydrogens is 322 g/mol. The third-order valence-corrected chi connectivity index (χ3v) is 3.33. The Labute approximate surface area is 143 Å². The molecule has 1 N–H and O–H groups in total. The van der Waals surface area contributed by atoms with E-state index < -0.39 is 4.92 Å². The number of non-ortho nitro benzene ring substituents is 1. The number of benzene rings is 2. The normalized spacial score (nSPS) is 10.1. The van der Waals surface area contributed by atoms with Gasteiger partial charge in [-0.3, -0.25) is 19.9 Å². The summed E-state index contributed by atoms with van der Waals surface area (Å²) in [7, 11) is 0. The van der Waals surface area contributed by atoms with E-state index in [1.165, 1.54) is 30.5 Å². The highest BCUT2D eigenvalue weighted by molar-refractivity contribution is 6.04. The number of rotatable bonds is 5. The standard InChI is InChI=1S/C18H13N3O4/c22-18(13-4-3-11-19-12-13)20-16-5-1-2-6-17(16)25-15-9-7-14(8-10-15)21(23)24/h1-12H,(H,20,22). The van der Waals surface area contributed by atoms with Crippen molar-refractivity contribution in [3.05, 3.63) is 88.7 Å². The summed E-state index contributed by atoms with van der Waals surface area (Å²) in [6.07, 6.45) is 3.05. The molecule has 0 fully saturated rings. The largest absolute Gasteiger partial charge is 0.455 e. The maximum atomic E-state index is 12.3. The lowest BCUT2D eigenvalue weighted by Gasteiger charge is -2.12. The SMILES string of the molecule is O=C(Nc1ccccc1Oc1ccc([N+](=O)[O-])cc1)c1cccnc1. The lowest BCUT2D eigenvalue weighted by atomic mass is 10.2. The molecule has 7 nitrogen and oxygen atoms in total. The number of nitro benzene ring substituents is 1. The molecule has 0 atom stereocenters. The van der Waals surface area contributed by atoms with Gasteiger partial charge in [0.1, 0.15) is 5.75 Å². The van der Waals surface area contributed by atoms with E-state index in [4.69, 9.17) is 4.74 Å². The molecule has 2 aromatic carbocycles. The average Bonchev–Trinajstić information content (AvgIpc) is 2.64. The first kappa shape index (κ1) is 16.1. The predicted molar refractivity (Wildman–Crippen MR) is 91.8 cm³/mol. The number of hydrogen-bond acceptors (Lipinski definition) is 5. The second-order valence-corrected chi connectivity index (χ2v) is 5.05. The molecule has 7 heteroatoms. The third kappa shape index (κ3) is 3.97. The number of pyridine rings is 1. The Morgan fingerprint density at radius 3 is 2.48 bits per heavy atom. The van der Waals surface area contributed by atoms with Crippen LogP contribution in [-0.4, -0.2) is 15.8 Å². The van der Waals surface area contributed by atoms with Crippen molar-refractivity contribution in [3.63, 3.8) is 0 Å². The second-order valence-electron chi connectivity index (χ2n) is 5.05. The van der Waals surface area contributed by atoms with E-state index in [0.29, 0.717) is 22.7 Å². The fourth-order valence-electron chi connectivity index (χ4n) is 2.11. The number of carbonyl (C=O) groups is 1. The van der Waals surface area contributed by atoms with E-state index in [1.54, 1.807) is 42.6 Å². The molecule has 3 rings (SSSR count). The number of amides is 1. The minimum Gasteiger partial charge on any atom is -0.455 e. The van der Waals surface area contributed by atoms with Gasteiger partial charge in [0, 0.05) is 24.5 Å². The number of anilines is 1. The first-order valence-corrected chi connectivity index (χ1v) is 7.36. The number of ether oxygens (including phenoxy) is 1. The van der Waals surface area contributed by atoms with Crippen LogP contribution >= 0.6 is 0 Å². The summed E-state index contributed by atoms with van der Waals surface area (Å²) in [5, 5.41) is 13.5. The molecule has 1 heterocycles. The third-order valence-electron chi connectivity index (χ3n) is 3.33. The van der Waals surface area contributed by atoms with E-state index >= 15 is 0 Å². The predicted octanol–water partition coefficient (Wildman–Crippen LogP) is 4.03. The van der Waals surface area contributed by atoms with Crippen molar-refractivity contribution in [3.8, 4) is 11.5 Å². The van der Waals surface area contributed by atoms with Crippen LogP contribution in [0.5, 0.6) is 11.5 Å². The monoisotopic (exact) mass is 335 g/mol. The Balaban J connectivity index is 1.79. The fourth-order valence-corrected chi connectivity index (χ4v) is 2.11. The molecule has 0 aliphatic carbocycles. The molecule has 0 bridgehead atoms. The number of nitrogens with one attached hydrogen (secondary N) is 1. The van der Waals surface area contributed by atoms with E-state index in [1.807, 2.05) is 0 Å². The highest BCUT2D eigenvalue weighted by atomic mass is 16.6. The van der Waals surface area contributed by atoms with Crippen molar-refractivity contribution in [2.75, 3.05) is 5.32 Å². The van der Waals surface area contributed by atoms with Crippen molar-refractivity contribution in [1.82, 2.24) is 4.98 Å². The van der Waals surface area contributed by atoms with Crippen molar-refractivity contribution >= 4 is 17.3 Å². The number of aromatic nitrogens is 1.